The number of anilines is 1. The summed E-state index contributed by atoms with van der Waals surface area (Å²) in [5, 5.41) is 3.00. The molecule has 0 unspecified atom stereocenters. The van der Waals surface area contributed by atoms with Gasteiger partial charge in [0, 0.05) is 24.6 Å². The largest absolute Gasteiger partial charge is 0.416 e. The molecule has 2 rings (SSSR count). The summed E-state index contributed by atoms with van der Waals surface area (Å²) in [7, 11) is 0. The molecule has 102 valence electrons. The molecular formula is C13H14F3N3. The SMILES string of the molecule is CCNc1nccn1-c1ccc(C)c(C(F)(F)F)c1. The third-order valence-corrected chi connectivity index (χ3v) is 2.78. The second-order valence-electron chi connectivity index (χ2n) is 4.15. The van der Waals surface area contributed by atoms with Crippen molar-refractivity contribution in [1.82, 2.24) is 9.55 Å². The van der Waals surface area contributed by atoms with Gasteiger partial charge in [-0.25, -0.2) is 4.98 Å². The van der Waals surface area contributed by atoms with Crippen LogP contribution in [-0.2, 0) is 6.18 Å². The number of halogens is 3. The van der Waals surface area contributed by atoms with Gasteiger partial charge in [0.15, 0.2) is 0 Å². The van der Waals surface area contributed by atoms with Crippen molar-refractivity contribution in [2.75, 3.05) is 11.9 Å². The van der Waals surface area contributed by atoms with Gasteiger partial charge in [0.2, 0.25) is 5.95 Å². The second-order valence-corrected chi connectivity index (χ2v) is 4.15. The van der Waals surface area contributed by atoms with E-state index in [1.807, 2.05) is 6.92 Å². The van der Waals surface area contributed by atoms with E-state index >= 15 is 0 Å². The number of hydrogen-bond donors (Lipinski definition) is 1. The van der Waals surface area contributed by atoms with Crippen LogP contribution in [0.1, 0.15) is 18.1 Å². The first-order chi connectivity index (χ1) is 8.93. The van der Waals surface area contributed by atoms with E-state index in [0.717, 1.165) is 6.07 Å². The lowest BCUT2D eigenvalue weighted by Crippen LogP contribution is -2.10. The smallest absolute Gasteiger partial charge is 0.356 e. The summed E-state index contributed by atoms with van der Waals surface area (Å²) in [6, 6.07) is 4.25. The lowest BCUT2D eigenvalue weighted by atomic mass is 10.1. The maximum Gasteiger partial charge on any atom is 0.416 e. The van der Waals surface area contributed by atoms with Crippen LogP contribution in [0, 0.1) is 6.92 Å². The maximum absolute atomic E-state index is 12.9. The van der Waals surface area contributed by atoms with E-state index in [1.165, 1.54) is 13.0 Å². The number of rotatable bonds is 3. The summed E-state index contributed by atoms with van der Waals surface area (Å²) in [4.78, 5) is 4.07. The Bertz CT molecular complexity index is 573. The summed E-state index contributed by atoms with van der Waals surface area (Å²) >= 11 is 0. The molecule has 0 amide bonds. The summed E-state index contributed by atoms with van der Waals surface area (Å²) in [6.07, 6.45) is -1.17. The molecule has 2 aromatic rings. The molecule has 0 aliphatic rings. The summed E-state index contributed by atoms with van der Waals surface area (Å²) in [5.41, 5.74) is 0.0221. The van der Waals surface area contributed by atoms with Gasteiger partial charge in [0.25, 0.3) is 0 Å². The number of nitrogens with zero attached hydrogens (tertiary/aromatic N) is 2. The Hall–Kier alpha value is -1.98. The van der Waals surface area contributed by atoms with Gasteiger partial charge in [-0.1, -0.05) is 6.07 Å². The minimum Gasteiger partial charge on any atom is -0.356 e. The summed E-state index contributed by atoms with van der Waals surface area (Å²) in [5.74, 6) is 0.527. The van der Waals surface area contributed by atoms with Crippen LogP contribution in [0.4, 0.5) is 19.1 Å². The molecule has 6 heteroatoms. The van der Waals surface area contributed by atoms with Crippen molar-refractivity contribution in [3.63, 3.8) is 0 Å². The molecule has 0 spiro atoms. The number of benzene rings is 1. The van der Waals surface area contributed by atoms with Crippen molar-refractivity contribution in [2.45, 2.75) is 20.0 Å². The van der Waals surface area contributed by atoms with Crippen LogP contribution in [0.2, 0.25) is 0 Å². The van der Waals surface area contributed by atoms with Crippen LogP contribution in [0.25, 0.3) is 5.69 Å². The number of imidazole rings is 1. The van der Waals surface area contributed by atoms with Crippen LogP contribution in [-0.4, -0.2) is 16.1 Å². The first kappa shape index (κ1) is 13.5. The van der Waals surface area contributed by atoms with E-state index in [2.05, 4.69) is 10.3 Å². The number of alkyl halides is 3. The molecule has 0 atom stereocenters. The van der Waals surface area contributed by atoms with Gasteiger partial charge in [0.05, 0.1) is 5.56 Å². The van der Waals surface area contributed by atoms with Crippen molar-refractivity contribution in [2.24, 2.45) is 0 Å². The van der Waals surface area contributed by atoms with Crippen molar-refractivity contribution in [3.8, 4) is 5.69 Å². The van der Waals surface area contributed by atoms with Gasteiger partial charge in [-0.2, -0.15) is 13.2 Å². The van der Waals surface area contributed by atoms with E-state index < -0.39 is 11.7 Å². The monoisotopic (exact) mass is 269 g/mol. The standard InChI is InChI=1S/C13H14F3N3/c1-3-17-12-18-6-7-19(12)10-5-4-9(2)11(8-10)13(14,15)16/h4-8H,3H2,1-2H3,(H,17,18). The van der Waals surface area contributed by atoms with Crippen LogP contribution in [0.3, 0.4) is 0 Å². The third-order valence-electron chi connectivity index (χ3n) is 2.78. The molecule has 0 aliphatic heterocycles. The highest BCUT2D eigenvalue weighted by atomic mass is 19.4. The Morgan fingerprint density at radius 2 is 2.05 bits per heavy atom. The first-order valence-electron chi connectivity index (χ1n) is 5.89. The fourth-order valence-corrected chi connectivity index (χ4v) is 1.87. The van der Waals surface area contributed by atoms with Gasteiger partial charge in [-0.3, -0.25) is 4.57 Å². The molecular weight excluding hydrogens is 255 g/mol. The normalized spacial score (nSPS) is 11.6. The first-order valence-corrected chi connectivity index (χ1v) is 5.89. The lowest BCUT2D eigenvalue weighted by Gasteiger charge is -2.14. The summed E-state index contributed by atoms with van der Waals surface area (Å²) in [6.45, 7) is 4.00. The number of hydrogen-bond acceptors (Lipinski definition) is 2. The Balaban J connectivity index is 2.49. The Labute approximate surface area is 109 Å². The zero-order valence-electron chi connectivity index (χ0n) is 10.6. The van der Waals surface area contributed by atoms with Crippen molar-refractivity contribution in [3.05, 3.63) is 41.7 Å². The zero-order valence-corrected chi connectivity index (χ0v) is 10.6. The van der Waals surface area contributed by atoms with Crippen molar-refractivity contribution >= 4 is 5.95 Å². The average molecular weight is 269 g/mol. The van der Waals surface area contributed by atoms with Crippen LogP contribution >= 0.6 is 0 Å². The lowest BCUT2D eigenvalue weighted by molar-refractivity contribution is -0.138. The minimum absolute atomic E-state index is 0.210. The molecule has 1 aromatic carbocycles. The molecule has 0 fully saturated rings. The molecule has 1 aromatic heterocycles. The maximum atomic E-state index is 12.9. The van der Waals surface area contributed by atoms with E-state index in [9.17, 15) is 13.2 Å². The van der Waals surface area contributed by atoms with Crippen molar-refractivity contribution < 1.29 is 13.2 Å². The molecule has 19 heavy (non-hydrogen) atoms. The zero-order chi connectivity index (χ0) is 14.0. The fourth-order valence-electron chi connectivity index (χ4n) is 1.87. The van der Waals surface area contributed by atoms with Crippen LogP contribution in [0.15, 0.2) is 30.6 Å². The predicted molar refractivity (Wildman–Crippen MR) is 67.5 cm³/mol. The number of aryl methyl sites for hydroxylation is 1. The van der Waals surface area contributed by atoms with E-state index in [1.54, 1.807) is 23.0 Å². The summed E-state index contributed by atoms with van der Waals surface area (Å²) < 4.78 is 40.2. The van der Waals surface area contributed by atoms with E-state index in [0.29, 0.717) is 18.2 Å². The number of aromatic nitrogens is 2. The van der Waals surface area contributed by atoms with E-state index in [-0.39, 0.29) is 5.56 Å². The minimum atomic E-state index is -4.35. The Morgan fingerprint density at radius 1 is 1.32 bits per heavy atom. The van der Waals surface area contributed by atoms with Crippen molar-refractivity contribution in [1.29, 1.82) is 0 Å². The molecule has 0 bridgehead atoms. The number of nitrogens with one attached hydrogen (secondary N) is 1. The third kappa shape index (κ3) is 2.72. The molecule has 0 aliphatic carbocycles. The van der Waals surface area contributed by atoms with Gasteiger partial charge in [0.1, 0.15) is 0 Å². The molecule has 0 saturated heterocycles. The molecule has 3 nitrogen and oxygen atoms in total. The fraction of sp³-hybridized carbons (Fsp3) is 0.308. The molecule has 0 radical (unpaired) electrons. The van der Waals surface area contributed by atoms with Crippen LogP contribution in [0.5, 0.6) is 0 Å². The molecule has 0 saturated carbocycles. The Morgan fingerprint density at radius 3 is 2.68 bits per heavy atom. The highest BCUT2D eigenvalue weighted by Gasteiger charge is 2.32. The second kappa shape index (κ2) is 4.95. The van der Waals surface area contributed by atoms with E-state index in [4.69, 9.17) is 0 Å². The average Bonchev–Trinajstić information content (AvgIpc) is 2.77. The van der Waals surface area contributed by atoms with Gasteiger partial charge < -0.3 is 5.32 Å². The Kier molecular flexibility index (Phi) is 3.50. The highest BCUT2D eigenvalue weighted by Crippen LogP contribution is 2.33. The van der Waals surface area contributed by atoms with Crippen LogP contribution < -0.4 is 5.32 Å². The van der Waals surface area contributed by atoms with Gasteiger partial charge in [-0.05, 0) is 31.5 Å². The molecule has 1 heterocycles. The van der Waals surface area contributed by atoms with Gasteiger partial charge in [-0.15, -0.1) is 0 Å². The van der Waals surface area contributed by atoms with Gasteiger partial charge >= 0.3 is 6.18 Å². The quantitative estimate of drug-likeness (QED) is 0.922. The highest BCUT2D eigenvalue weighted by molar-refractivity contribution is 5.46. The topological polar surface area (TPSA) is 29.9 Å². The predicted octanol–water partition coefficient (Wildman–Crippen LogP) is 3.63. The molecule has 1 N–H and O–H groups in total.